The highest BCUT2D eigenvalue weighted by atomic mass is 32.2. The molecule has 0 aliphatic rings. The van der Waals surface area contributed by atoms with E-state index in [0.29, 0.717) is 0 Å². The van der Waals surface area contributed by atoms with Crippen molar-refractivity contribution in [1.29, 1.82) is 0 Å². The summed E-state index contributed by atoms with van der Waals surface area (Å²) in [6.45, 7) is 3.35. The van der Waals surface area contributed by atoms with E-state index in [9.17, 15) is 17.2 Å². The number of nitrogens with two attached hydrogens (primary N) is 1. The molecule has 1 rings (SSSR count). The van der Waals surface area contributed by atoms with Gasteiger partial charge in [0.2, 0.25) is 10.0 Å². The van der Waals surface area contributed by atoms with E-state index in [4.69, 9.17) is 5.73 Å². The topological polar surface area (TPSA) is 63.4 Å². The Bertz CT molecular complexity index is 543. The zero-order chi connectivity index (χ0) is 13.2. The summed E-state index contributed by atoms with van der Waals surface area (Å²) in [6, 6.07) is 1.61. The Kier molecular flexibility index (Phi) is 3.84. The molecule has 0 unspecified atom stereocenters. The molecule has 0 aliphatic carbocycles. The standard InChI is InChI=1S/C10H12F2N2O2S/c1-3-4-14(2)17(15,16)9-6-7(13)5-8(11)10(9)12/h3,5-6H,1,4,13H2,2H3. The molecule has 7 heteroatoms. The van der Waals surface area contributed by atoms with Crippen LogP contribution in [0.5, 0.6) is 0 Å². The molecule has 0 radical (unpaired) electrons. The molecule has 0 spiro atoms. The summed E-state index contributed by atoms with van der Waals surface area (Å²) in [5.41, 5.74) is 5.13. The van der Waals surface area contributed by atoms with E-state index in [-0.39, 0.29) is 12.2 Å². The molecule has 0 aliphatic heterocycles. The van der Waals surface area contributed by atoms with Gasteiger partial charge in [0.25, 0.3) is 0 Å². The van der Waals surface area contributed by atoms with Crippen LogP contribution in [0.4, 0.5) is 14.5 Å². The molecule has 0 heterocycles. The molecular formula is C10H12F2N2O2S. The van der Waals surface area contributed by atoms with Crippen molar-refractivity contribution in [2.24, 2.45) is 0 Å². The number of nitrogens with zero attached hydrogens (tertiary/aromatic N) is 1. The van der Waals surface area contributed by atoms with Gasteiger partial charge in [-0.1, -0.05) is 6.08 Å². The van der Waals surface area contributed by atoms with E-state index < -0.39 is 26.6 Å². The molecule has 2 N–H and O–H groups in total. The number of sulfonamides is 1. The van der Waals surface area contributed by atoms with Crippen LogP contribution in [0.2, 0.25) is 0 Å². The highest BCUT2D eigenvalue weighted by Crippen LogP contribution is 2.23. The number of nitrogen functional groups attached to an aromatic ring is 1. The van der Waals surface area contributed by atoms with Crippen molar-refractivity contribution < 1.29 is 17.2 Å². The molecule has 0 aromatic heterocycles. The Morgan fingerprint density at radius 1 is 1.47 bits per heavy atom. The third kappa shape index (κ3) is 2.62. The lowest BCUT2D eigenvalue weighted by Crippen LogP contribution is -2.28. The van der Waals surface area contributed by atoms with Gasteiger partial charge in [0.15, 0.2) is 11.6 Å². The van der Waals surface area contributed by atoms with Crippen LogP contribution in [0.15, 0.2) is 29.7 Å². The van der Waals surface area contributed by atoms with E-state index >= 15 is 0 Å². The van der Waals surface area contributed by atoms with Crippen molar-refractivity contribution in [3.05, 3.63) is 36.4 Å². The Hall–Kier alpha value is -1.47. The third-order valence-electron chi connectivity index (χ3n) is 2.09. The second kappa shape index (κ2) is 4.80. The Morgan fingerprint density at radius 2 is 2.06 bits per heavy atom. The molecule has 0 atom stereocenters. The van der Waals surface area contributed by atoms with E-state index in [1.807, 2.05) is 0 Å². The molecule has 0 bridgehead atoms. The van der Waals surface area contributed by atoms with Gasteiger partial charge in [-0.2, -0.15) is 4.31 Å². The van der Waals surface area contributed by atoms with Crippen molar-refractivity contribution >= 4 is 15.7 Å². The molecular weight excluding hydrogens is 250 g/mol. The Balaban J connectivity index is 3.38. The molecule has 4 nitrogen and oxygen atoms in total. The minimum atomic E-state index is -4.11. The monoisotopic (exact) mass is 262 g/mol. The van der Waals surface area contributed by atoms with Crippen LogP contribution in [0, 0.1) is 11.6 Å². The molecule has 0 saturated carbocycles. The van der Waals surface area contributed by atoms with Gasteiger partial charge in [-0.3, -0.25) is 0 Å². The zero-order valence-corrected chi connectivity index (χ0v) is 9.97. The lowest BCUT2D eigenvalue weighted by atomic mass is 10.3. The fraction of sp³-hybridized carbons (Fsp3) is 0.200. The van der Waals surface area contributed by atoms with E-state index in [1.54, 1.807) is 0 Å². The summed E-state index contributed by atoms with van der Waals surface area (Å²) in [5, 5.41) is 0. The molecule has 1 aromatic carbocycles. The van der Waals surface area contributed by atoms with Crippen LogP contribution in [0.1, 0.15) is 0 Å². The number of halogens is 2. The molecule has 94 valence electrons. The fourth-order valence-corrected chi connectivity index (χ4v) is 2.47. The Morgan fingerprint density at radius 3 is 2.59 bits per heavy atom. The maximum Gasteiger partial charge on any atom is 0.246 e. The number of benzene rings is 1. The van der Waals surface area contributed by atoms with E-state index in [0.717, 1.165) is 16.4 Å². The van der Waals surface area contributed by atoms with Gasteiger partial charge in [-0.25, -0.2) is 17.2 Å². The zero-order valence-electron chi connectivity index (χ0n) is 9.15. The first-order valence-corrected chi connectivity index (χ1v) is 6.06. The molecule has 17 heavy (non-hydrogen) atoms. The van der Waals surface area contributed by atoms with Crippen molar-refractivity contribution in [3.63, 3.8) is 0 Å². The van der Waals surface area contributed by atoms with Crippen LogP contribution < -0.4 is 5.73 Å². The normalized spacial score (nSPS) is 11.8. The highest BCUT2D eigenvalue weighted by Gasteiger charge is 2.26. The summed E-state index contributed by atoms with van der Waals surface area (Å²) >= 11 is 0. The second-order valence-corrected chi connectivity index (χ2v) is 5.40. The second-order valence-electron chi connectivity index (χ2n) is 3.39. The van der Waals surface area contributed by atoms with E-state index in [1.165, 1.54) is 13.1 Å². The van der Waals surface area contributed by atoms with Crippen LogP contribution in [-0.4, -0.2) is 26.3 Å². The molecule has 0 saturated heterocycles. The van der Waals surface area contributed by atoms with Gasteiger partial charge in [0.05, 0.1) is 0 Å². The first-order valence-electron chi connectivity index (χ1n) is 4.62. The number of hydrogen-bond donors (Lipinski definition) is 1. The van der Waals surface area contributed by atoms with Gasteiger partial charge in [0.1, 0.15) is 4.90 Å². The predicted octanol–water partition coefficient (Wildman–Crippen LogP) is 1.35. The summed E-state index contributed by atoms with van der Waals surface area (Å²) in [4.78, 5) is -0.778. The molecule has 1 aromatic rings. The smallest absolute Gasteiger partial charge is 0.246 e. The fourth-order valence-electron chi connectivity index (χ4n) is 1.22. The maximum atomic E-state index is 13.4. The van der Waals surface area contributed by atoms with Gasteiger partial charge in [0, 0.05) is 19.3 Å². The first kappa shape index (κ1) is 13.6. The highest BCUT2D eigenvalue weighted by molar-refractivity contribution is 7.89. The SMILES string of the molecule is C=CCN(C)S(=O)(=O)c1cc(N)cc(F)c1F. The maximum absolute atomic E-state index is 13.4. The average molecular weight is 262 g/mol. The van der Waals surface area contributed by atoms with Gasteiger partial charge in [-0.15, -0.1) is 6.58 Å². The van der Waals surface area contributed by atoms with Crippen molar-refractivity contribution in [1.82, 2.24) is 4.31 Å². The molecule has 0 amide bonds. The number of hydrogen-bond acceptors (Lipinski definition) is 3. The quantitative estimate of drug-likeness (QED) is 0.658. The summed E-state index contributed by atoms with van der Waals surface area (Å²) in [7, 11) is -2.88. The lowest BCUT2D eigenvalue weighted by Gasteiger charge is -2.16. The summed E-state index contributed by atoms with van der Waals surface area (Å²) in [6.07, 6.45) is 1.33. The number of rotatable bonds is 4. The summed E-state index contributed by atoms with van der Waals surface area (Å²) in [5.74, 6) is -2.73. The molecule has 0 fully saturated rings. The van der Waals surface area contributed by atoms with Gasteiger partial charge >= 0.3 is 0 Å². The number of likely N-dealkylation sites (N-methyl/N-ethyl adjacent to an activating group) is 1. The van der Waals surface area contributed by atoms with Crippen molar-refractivity contribution in [2.45, 2.75) is 4.90 Å². The third-order valence-corrected chi connectivity index (χ3v) is 3.91. The minimum Gasteiger partial charge on any atom is -0.399 e. The predicted molar refractivity (Wildman–Crippen MR) is 60.8 cm³/mol. The summed E-state index contributed by atoms with van der Waals surface area (Å²) < 4.78 is 51.0. The van der Waals surface area contributed by atoms with Gasteiger partial charge in [-0.05, 0) is 12.1 Å². The van der Waals surface area contributed by atoms with E-state index in [2.05, 4.69) is 6.58 Å². The van der Waals surface area contributed by atoms with Crippen LogP contribution in [0.3, 0.4) is 0 Å². The van der Waals surface area contributed by atoms with Crippen molar-refractivity contribution in [2.75, 3.05) is 19.3 Å². The van der Waals surface area contributed by atoms with Crippen LogP contribution in [-0.2, 0) is 10.0 Å². The van der Waals surface area contributed by atoms with Crippen LogP contribution in [0.25, 0.3) is 0 Å². The van der Waals surface area contributed by atoms with Gasteiger partial charge < -0.3 is 5.73 Å². The first-order chi connectivity index (χ1) is 7.80. The van der Waals surface area contributed by atoms with Crippen molar-refractivity contribution in [3.8, 4) is 0 Å². The van der Waals surface area contributed by atoms with Crippen LogP contribution >= 0.6 is 0 Å². The Labute approximate surface area is 98.4 Å². The number of anilines is 1. The minimum absolute atomic E-state index is 0.0157. The average Bonchev–Trinajstić information content (AvgIpc) is 2.23. The lowest BCUT2D eigenvalue weighted by molar-refractivity contribution is 0.465. The largest absolute Gasteiger partial charge is 0.399 e.